The summed E-state index contributed by atoms with van der Waals surface area (Å²) in [6.45, 7) is 8.31. The first kappa shape index (κ1) is 16.5. The molecule has 0 aromatic carbocycles. The van der Waals surface area contributed by atoms with Crippen molar-refractivity contribution in [2.24, 2.45) is 0 Å². The van der Waals surface area contributed by atoms with Gasteiger partial charge in [0, 0.05) is 38.3 Å². The molecule has 7 nitrogen and oxygen atoms in total. The maximum atomic E-state index is 11.7. The second-order valence-corrected chi connectivity index (χ2v) is 5.33. The lowest BCUT2D eigenvalue weighted by Gasteiger charge is -2.26. The van der Waals surface area contributed by atoms with Crippen LogP contribution in [0, 0.1) is 13.8 Å². The van der Waals surface area contributed by atoms with E-state index < -0.39 is 11.8 Å². The van der Waals surface area contributed by atoms with Gasteiger partial charge in [-0.05, 0) is 19.9 Å². The average molecular weight is 309 g/mol. The van der Waals surface area contributed by atoms with Gasteiger partial charge in [0.2, 0.25) is 0 Å². The summed E-state index contributed by atoms with van der Waals surface area (Å²) in [5, 5.41) is 5.23. The molecule has 0 radical (unpaired) electrons. The molecule has 1 fully saturated rings. The van der Waals surface area contributed by atoms with Crippen LogP contribution < -0.4 is 10.6 Å². The number of aryl methyl sites for hydroxylation is 2. The van der Waals surface area contributed by atoms with Crippen LogP contribution in [0.2, 0.25) is 0 Å². The van der Waals surface area contributed by atoms with Gasteiger partial charge in [-0.2, -0.15) is 0 Å². The zero-order valence-electron chi connectivity index (χ0n) is 13.1. The number of carbonyl (C=O) groups is 2. The first-order chi connectivity index (χ1) is 10.6. The van der Waals surface area contributed by atoms with Crippen molar-refractivity contribution in [3.05, 3.63) is 23.2 Å². The van der Waals surface area contributed by atoms with Gasteiger partial charge in [-0.3, -0.25) is 14.5 Å². The zero-order chi connectivity index (χ0) is 15.9. The number of morpholine rings is 1. The summed E-state index contributed by atoms with van der Waals surface area (Å²) >= 11 is 0. The van der Waals surface area contributed by atoms with Crippen molar-refractivity contribution in [1.82, 2.24) is 15.5 Å². The van der Waals surface area contributed by atoms with E-state index >= 15 is 0 Å². The number of ether oxygens (including phenoxy) is 1. The van der Waals surface area contributed by atoms with Crippen LogP contribution in [0.3, 0.4) is 0 Å². The van der Waals surface area contributed by atoms with Crippen LogP contribution in [-0.4, -0.2) is 56.1 Å². The van der Waals surface area contributed by atoms with E-state index in [1.54, 1.807) is 0 Å². The number of hydrogen-bond acceptors (Lipinski definition) is 5. The first-order valence-corrected chi connectivity index (χ1v) is 7.48. The minimum atomic E-state index is -0.625. The molecule has 2 heterocycles. The SMILES string of the molecule is Cc1cc(CNC(=O)C(=O)NCCN2CCOCC2)c(C)o1. The molecule has 1 saturated heterocycles. The van der Waals surface area contributed by atoms with Gasteiger partial charge in [0.05, 0.1) is 13.2 Å². The highest BCUT2D eigenvalue weighted by Gasteiger charge is 2.15. The number of furan rings is 1. The Morgan fingerprint density at radius 1 is 1.18 bits per heavy atom. The maximum absolute atomic E-state index is 11.7. The van der Waals surface area contributed by atoms with Crippen LogP contribution in [0.5, 0.6) is 0 Å². The van der Waals surface area contributed by atoms with Crippen LogP contribution in [0.25, 0.3) is 0 Å². The highest BCUT2D eigenvalue weighted by Crippen LogP contribution is 2.12. The van der Waals surface area contributed by atoms with Gasteiger partial charge in [-0.15, -0.1) is 0 Å². The van der Waals surface area contributed by atoms with E-state index in [9.17, 15) is 9.59 Å². The Bertz CT molecular complexity index is 521. The molecule has 1 aromatic rings. The van der Waals surface area contributed by atoms with Crippen LogP contribution in [0.15, 0.2) is 10.5 Å². The molecule has 1 aliphatic rings. The van der Waals surface area contributed by atoms with Gasteiger partial charge in [-0.1, -0.05) is 0 Å². The van der Waals surface area contributed by atoms with Crippen molar-refractivity contribution in [1.29, 1.82) is 0 Å². The number of amides is 2. The van der Waals surface area contributed by atoms with Crippen molar-refractivity contribution >= 4 is 11.8 Å². The van der Waals surface area contributed by atoms with Gasteiger partial charge in [-0.25, -0.2) is 0 Å². The Labute approximate surface area is 130 Å². The smallest absolute Gasteiger partial charge is 0.309 e. The zero-order valence-corrected chi connectivity index (χ0v) is 13.1. The molecule has 1 aromatic heterocycles. The number of hydrogen-bond donors (Lipinski definition) is 2. The molecular formula is C15H23N3O4. The van der Waals surface area contributed by atoms with Crippen molar-refractivity contribution in [2.45, 2.75) is 20.4 Å². The first-order valence-electron chi connectivity index (χ1n) is 7.48. The summed E-state index contributed by atoms with van der Waals surface area (Å²) in [6, 6.07) is 1.85. The summed E-state index contributed by atoms with van der Waals surface area (Å²) in [4.78, 5) is 25.6. The second kappa shape index (κ2) is 7.95. The number of rotatable bonds is 5. The third-order valence-corrected chi connectivity index (χ3v) is 3.61. The van der Waals surface area contributed by atoms with E-state index in [4.69, 9.17) is 9.15 Å². The van der Waals surface area contributed by atoms with Crippen molar-refractivity contribution in [3.63, 3.8) is 0 Å². The minimum absolute atomic E-state index is 0.291. The molecule has 2 amide bonds. The normalized spacial score (nSPS) is 15.5. The molecule has 0 saturated carbocycles. The fraction of sp³-hybridized carbons (Fsp3) is 0.600. The third-order valence-electron chi connectivity index (χ3n) is 3.61. The Morgan fingerprint density at radius 2 is 1.86 bits per heavy atom. The quantitative estimate of drug-likeness (QED) is 0.746. The summed E-state index contributed by atoms with van der Waals surface area (Å²) < 4.78 is 10.6. The lowest BCUT2D eigenvalue weighted by atomic mass is 10.2. The van der Waals surface area contributed by atoms with Crippen molar-refractivity contribution in [2.75, 3.05) is 39.4 Å². The van der Waals surface area contributed by atoms with Gasteiger partial charge >= 0.3 is 11.8 Å². The number of nitrogens with zero attached hydrogens (tertiary/aromatic N) is 1. The summed E-state index contributed by atoms with van der Waals surface area (Å²) in [6.07, 6.45) is 0. The van der Waals surface area contributed by atoms with Crippen molar-refractivity contribution < 1.29 is 18.7 Å². The van der Waals surface area contributed by atoms with E-state index in [1.165, 1.54) is 0 Å². The van der Waals surface area contributed by atoms with Crippen LogP contribution in [-0.2, 0) is 20.9 Å². The third kappa shape index (κ3) is 4.85. The molecule has 0 spiro atoms. The average Bonchev–Trinajstić information content (AvgIpc) is 2.83. The van der Waals surface area contributed by atoms with Crippen LogP contribution in [0.1, 0.15) is 17.1 Å². The Balaban J connectivity index is 1.66. The fourth-order valence-electron chi connectivity index (χ4n) is 2.35. The second-order valence-electron chi connectivity index (χ2n) is 5.33. The van der Waals surface area contributed by atoms with E-state index in [0.717, 1.165) is 49.9 Å². The molecule has 122 valence electrons. The van der Waals surface area contributed by atoms with Gasteiger partial charge < -0.3 is 19.8 Å². The molecule has 1 aliphatic heterocycles. The lowest BCUT2D eigenvalue weighted by Crippen LogP contribution is -2.44. The molecule has 0 unspecified atom stereocenters. The Morgan fingerprint density at radius 3 is 2.50 bits per heavy atom. The van der Waals surface area contributed by atoms with Gasteiger partial charge in [0.25, 0.3) is 0 Å². The highest BCUT2D eigenvalue weighted by atomic mass is 16.5. The van der Waals surface area contributed by atoms with E-state index in [-0.39, 0.29) is 0 Å². The molecule has 2 rings (SSSR count). The standard InChI is InChI=1S/C15H23N3O4/c1-11-9-13(12(2)22-11)10-17-15(20)14(19)16-3-4-18-5-7-21-8-6-18/h9H,3-8,10H2,1-2H3,(H,16,19)(H,17,20). The molecule has 0 atom stereocenters. The highest BCUT2D eigenvalue weighted by molar-refractivity contribution is 6.35. The largest absolute Gasteiger partial charge is 0.466 e. The van der Waals surface area contributed by atoms with E-state index in [2.05, 4.69) is 15.5 Å². The number of nitrogens with one attached hydrogen (secondary N) is 2. The summed E-state index contributed by atoms with van der Waals surface area (Å²) in [7, 11) is 0. The molecule has 0 aliphatic carbocycles. The van der Waals surface area contributed by atoms with E-state index in [1.807, 2.05) is 19.9 Å². The lowest BCUT2D eigenvalue weighted by molar-refractivity contribution is -0.139. The van der Waals surface area contributed by atoms with Crippen molar-refractivity contribution in [3.8, 4) is 0 Å². The predicted octanol–water partition coefficient (Wildman–Crippen LogP) is -0.0390. The Kier molecular flexibility index (Phi) is 5.97. The molecule has 0 bridgehead atoms. The molecule has 2 N–H and O–H groups in total. The van der Waals surface area contributed by atoms with Crippen LogP contribution in [0.4, 0.5) is 0 Å². The fourth-order valence-corrected chi connectivity index (χ4v) is 2.35. The minimum Gasteiger partial charge on any atom is -0.466 e. The molecular weight excluding hydrogens is 286 g/mol. The molecule has 7 heteroatoms. The Hall–Kier alpha value is -1.86. The van der Waals surface area contributed by atoms with Gasteiger partial charge in [0.15, 0.2) is 0 Å². The van der Waals surface area contributed by atoms with Crippen LogP contribution >= 0.6 is 0 Å². The molecule has 22 heavy (non-hydrogen) atoms. The number of carbonyl (C=O) groups excluding carboxylic acids is 2. The summed E-state index contributed by atoms with van der Waals surface area (Å²) in [5.74, 6) is 0.314. The van der Waals surface area contributed by atoms with Gasteiger partial charge in [0.1, 0.15) is 11.5 Å². The van der Waals surface area contributed by atoms with E-state index in [0.29, 0.717) is 13.1 Å². The predicted molar refractivity (Wildman–Crippen MR) is 80.3 cm³/mol. The monoisotopic (exact) mass is 309 g/mol. The topological polar surface area (TPSA) is 83.8 Å². The maximum Gasteiger partial charge on any atom is 0.309 e. The summed E-state index contributed by atoms with van der Waals surface area (Å²) in [5.41, 5.74) is 0.881.